The average Bonchev–Trinajstić information content (AvgIpc) is 2.18. The van der Waals surface area contributed by atoms with Crippen molar-refractivity contribution >= 4 is 6.09 Å². The minimum Gasteiger partial charge on any atom is -0.448 e. The standard InChI is InChI=1S/C11H15NO3/c1-3-14-11(13)12-15-8-10-6-4-5-9(2)7-10/h4-7H,3,8H2,1-2H3,(H,12,13). The van der Waals surface area contributed by atoms with Crippen molar-refractivity contribution < 1.29 is 14.4 Å². The SMILES string of the molecule is CCOC(=O)NOCc1cccc(C)c1. The van der Waals surface area contributed by atoms with Gasteiger partial charge in [0.15, 0.2) is 0 Å². The van der Waals surface area contributed by atoms with Gasteiger partial charge in [-0.25, -0.2) is 4.79 Å². The lowest BCUT2D eigenvalue weighted by atomic mass is 10.1. The minimum absolute atomic E-state index is 0.333. The number of ether oxygens (including phenoxy) is 1. The van der Waals surface area contributed by atoms with Gasteiger partial charge in [0, 0.05) is 0 Å². The van der Waals surface area contributed by atoms with Crippen molar-refractivity contribution in [1.29, 1.82) is 0 Å². The van der Waals surface area contributed by atoms with Crippen LogP contribution in [-0.2, 0) is 16.2 Å². The summed E-state index contributed by atoms with van der Waals surface area (Å²) < 4.78 is 4.63. The molecule has 1 N–H and O–H groups in total. The normalized spacial score (nSPS) is 9.73. The van der Waals surface area contributed by atoms with E-state index in [4.69, 9.17) is 4.84 Å². The highest BCUT2D eigenvalue weighted by Crippen LogP contribution is 2.04. The van der Waals surface area contributed by atoms with Gasteiger partial charge in [0.25, 0.3) is 0 Å². The summed E-state index contributed by atoms with van der Waals surface area (Å²) in [6, 6.07) is 7.87. The van der Waals surface area contributed by atoms with Crippen molar-refractivity contribution in [2.45, 2.75) is 20.5 Å². The van der Waals surface area contributed by atoms with Gasteiger partial charge < -0.3 is 4.74 Å². The maximum Gasteiger partial charge on any atom is 0.431 e. The molecule has 0 radical (unpaired) electrons. The Morgan fingerprint density at radius 1 is 1.47 bits per heavy atom. The fraction of sp³-hybridized carbons (Fsp3) is 0.364. The van der Waals surface area contributed by atoms with E-state index in [1.807, 2.05) is 31.2 Å². The average molecular weight is 209 g/mol. The molecule has 82 valence electrons. The van der Waals surface area contributed by atoms with E-state index in [9.17, 15) is 4.79 Å². The number of aryl methyl sites for hydroxylation is 1. The molecule has 1 rings (SSSR count). The van der Waals surface area contributed by atoms with Crippen LogP contribution in [0.5, 0.6) is 0 Å². The number of nitrogens with one attached hydrogen (secondary N) is 1. The van der Waals surface area contributed by atoms with E-state index in [1.165, 1.54) is 0 Å². The number of carbonyl (C=O) groups is 1. The second-order valence-corrected chi connectivity index (χ2v) is 3.10. The van der Waals surface area contributed by atoms with Gasteiger partial charge in [-0.2, -0.15) is 5.48 Å². The van der Waals surface area contributed by atoms with Crippen molar-refractivity contribution in [3.63, 3.8) is 0 Å². The zero-order chi connectivity index (χ0) is 11.1. The summed E-state index contributed by atoms with van der Waals surface area (Å²) in [5.41, 5.74) is 4.36. The lowest BCUT2D eigenvalue weighted by Crippen LogP contribution is -2.24. The van der Waals surface area contributed by atoms with Gasteiger partial charge in [-0.05, 0) is 19.4 Å². The van der Waals surface area contributed by atoms with Crippen LogP contribution in [0.15, 0.2) is 24.3 Å². The Balaban J connectivity index is 2.28. The van der Waals surface area contributed by atoms with E-state index >= 15 is 0 Å². The molecule has 4 heteroatoms. The zero-order valence-electron chi connectivity index (χ0n) is 8.95. The van der Waals surface area contributed by atoms with E-state index in [0.29, 0.717) is 13.2 Å². The molecule has 1 aromatic carbocycles. The van der Waals surface area contributed by atoms with Crippen molar-refractivity contribution in [3.05, 3.63) is 35.4 Å². The molecule has 15 heavy (non-hydrogen) atoms. The van der Waals surface area contributed by atoms with Crippen LogP contribution in [-0.4, -0.2) is 12.7 Å². The number of rotatable bonds is 4. The van der Waals surface area contributed by atoms with Gasteiger partial charge in [-0.15, -0.1) is 0 Å². The molecule has 0 heterocycles. The maximum atomic E-state index is 10.8. The molecule has 0 saturated heterocycles. The van der Waals surface area contributed by atoms with Crippen LogP contribution >= 0.6 is 0 Å². The highest BCUT2D eigenvalue weighted by atomic mass is 16.7. The fourth-order valence-electron chi connectivity index (χ4n) is 1.14. The summed E-state index contributed by atoms with van der Waals surface area (Å²) >= 11 is 0. The van der Waals surface area contributed by atoms with Gasteiger partial charge in [0.05, 0.1) is 13.2 Å². The summed E-state index contributed by atoms with van der Waals surface area (Å²) in [5, 5.41) is 0. The molecular formula is C11H15NO3. The van der Waals surface area contributed by atoms with E-state index < -0.39 is 6.09 Å². The summed E-state index contributed by atoms with van der Waals surface area (Å²) in [6.45, 7) is 4.41. The third kappa shape index (κ3) is 4.46. The second kappa shape index (κ2) is 6.03. The largest absolute Gasteiger partial charge is 0.448 e. The number of hydrogen-bond donors (Lipinski definition) is 1. The van der Waals surface area contributed by atoms with Crippen LogP contribution in [0, 0.1) is 6.92 Å². The molecule has 0 fully saturated rings. The monoisotopic (exact) mass is 209 g/mol. The van der Waals surface area contributed by atoms with Gasteiger partial charge in [-0.3, -0.25) is 4.84 Å². The Labute approximate surface area is 89.1 Å². The Morgan fingerprint density at radius 3 is 2.93 bits per heavy atom. The molecule has 0 aromatic heterocycles. The quantitative estimate of drug-likeness (QED) is 0.773. The van der Waals surface area contributed by atoms with Crippen molar-refractivity contribution in [2.24, 2.45) is 0 Å². The number of benzene rings is 1. The Hall–Kier alpha value is -1.55. The van der Waals surface area contributed by atoms with Gasteiger partial charge in [-0.1, -0.05) is 29.8 Å². The molecule has 0 bridgehead atoms. The first-order valence-corrected chi connectivity index (χ1v) is 4.82. The predicted molar refractivity (Wildman–Crippen MR) is 56.1 cm³/mol. The Kier molecular flexibility index (Phi) is 4.63. The lowest BCUT2D eigenvalue weighted by molar-refractivity contribution is 0.0199. The van der Waals surface area contributed by atoms with Gasteiger partial charge >= 0.3 is 6.09 Å². The van der Waals surface area contributed by atoms with E-state index in [-0.39, 0.29) is 0 Å². The molecule has 0 saturated carbocycles. The number of carbonyl (C=O) groups excluding carboxylic acids is 1. The third-order valence-corrected chi connectivity index (χ3v) is 1.75. The van der Waals surface area contributed by atoms with E-state index in [1.54, 1.807) is 6.92 Å². The number of amides is 1. The second-order valence-electron chi connectivity index (χ2n) is 3.10. The highest BCUT2D eigenvalue weighted by molar-refractivity contribution is 5.65. The molecular weight excluding hydrogens is 194 g/mol. The lowest BCUT2D eigenvalue weighted by Gasteiger charge is -2.06. The first kappa shape index (κ1) is 11.5. The first-order valence-electron chi connectivity index (χ1n) is 4.82. The van der Waals surface area contributed by atoms with Crippen LogP contribution in [0.2, 0.25) is 0 Å². The van der Waals surface area contributed by atoms with Crippen LogP contribution in [0.1, 0.15) is 18.1 Å². The third-order valence-electron chi connectivity index (χ3n) is 1.75. The van der Waals surface area contributed by atoms with Crippen molar-refractivity contribution in [3.8, 4) is 0 Å². The number of hydrogen-bond acceptors (Lipinski definition) is 3. The van der Waals surface area contributed by atoms with Crippen LogP contribution < -0.4 is 5.48 Å². The molecule has 0 aliphatic carbocycles. The van der Waals surface area contributed by atoms with Crippen LogP contribution in [0.25, 0.3) is 0 Å². The summed E-state index contributed by atoms with van der Waals surface area (Å²) in [4.78, 5) is 15.8. The number of hydroxylamine groups is 1. The van der Waals surface area contributed by atoms with Gasteiger partial charge in [0.2, 0.25) is 0 Å². The van der Waals surface area contributed by atoms with Crippen LogP contribution in [0.3, 0.4) is 0 Å². The summed E-state index contributed by atoms with van der Waals surface area (Å²) in [5.74, 6) is 0. The van der Waals surface area contributed by atoms with Crippen LogP contribution in [0.4, 0.5) is 4.79 Å². The first-order chi connectivity index (χ1) is 7.22. The molecule has 0 aliphatic rings. The topological polar surface area (TPSA) is 47.6 Å². The van der Waals surface area contributed by atoms with E-state index in [0.717, 1.165) is 11.1 Å². The maximum absolute atomic E-state index is 10.8. The highest BCUT2D eigenvalue weighted by Gasteiger charge is 1.99. The minimum atomic E-state index is -0.565. The van der Waals surface area contributed by atoms with Crippen molar-refractivity contribution in [1.82, 2.24) is 5.48 Å². The summed E-state index contributed by atoms with van der Waals surface area (Å²) in [7, 11) is 0. The Morgan fingerprint density at radius 2 is 2.27 bits per heavy atom. The summed E-state index contributed by atoms with van der Waals surface area (Å²) in [6.07, 6.45) is -0.565. The van der Waals surface area contributed by atoms with Gasteiger partial charge in [0.1, 0.15) is 0 Å². The molecule has 0 unspecified atom stereocenters. The molecule has 0 aliphatic heterocycles. The fourth-order valence-corrected chi connectivity index (χ4v) is 1.14. The molecule has 0 atom stereocenters. The molecule has 1 amide bonds. The van der Waals surface area contributed by atoms with Crippen molar-refractivity contribution in [2.75, 3.05) is 6.61 Å². The predicted octanol–water partition coefficient (Wildman–Crippen LogP) is 2.17. The molecule has 0 spiro atoms. The Bertz CT molecular complexity index is 325. The molecule has 1 aromatic rings. The zero-order valence-corrected chi connectivity index (χ0v) is 8.95. The molecule has 4 nitrogen and oxygen atoms in total. The smallest absolute Gasteiger partial charge is 0.431 e. The van der Waals surface area contributed by atoms with E-state index in [2.05, 4.69) is 10.2 Å².